The molecule has 0 bridgehead atoms. The molecule has 3 N–H and O–H groups in total. The number of thiophene rings is 1. The van der Waals surface area contributed by atoms with Gasteiger partial charge in [0.15, 0.2) is 0 Å². The maximum absolute atomic E-state index is 12.1. The molecule has 102 valence electrons. The van der Waals surface area contributed by atoms with Crippen LogP contribution >= 0.6 is 38.9 Å². The maximum atomic E-state index is 12.1. The Balaban J connectivity index is 2.28. The van der Waals surface area contributed by atoms with Gasteiger partial charge in [-0.05, 0) is 40.2 Å². The summed E-state index contributed by atoms with van der Waals surface area (Å²) < 4.78 is 27.4. The largest absolute Gasteiger partial charge is 0.326 e. The summed E-state index contributed by atoms with van der Waals surface area (Å²) in [7, 11) is -3.59. The highest BCUT2D eigenvalue weighted by molar-refractivity contribution is 9.10. The quantitative estimate of drug-likeness (QED) is 0.852. The zero-order valence-corrected chi connectivity index (χ0v) is 13.5. The van der Waals surface area contributed by atoms with E-state index in [1.807, 2.05) is 0 Å². The molecule has 0 unspecified atom stereocenters. The number of sulfonamides is 1. The molecule has 0 aliphatic rings. The van der Waals surface area contributed by atoms with Gasteiger partial charge in [-0.2, -0.15) is 0 Å². The van der Waals surface area contributed by atoms with Crippen molar-refractivity contribution in [3.05, 3.63) is 44.0 Å². The van der Waals surface area contributed by atoms with E-state index in [0.29, 0.717) is 21.7 Å². The fourth-order valence-corrected chi connectivity index (χ4v) is 4.08. The molecule has 8 heteroatoms. The van der Waals surface area contributed by atoms with Crippen LogP contribution in [0.3, 0.4) is 0 Å². The number of nitrogens with two attached hydrogens (primary N) is 1. The van der Waals surface area contributed by atoms with E-state index < -0.39 is 10.0 Å². The molecular formula is C11H10BrClN2O2S2. The van der Waals surface area contributed by atoms with Gasteiger partial charge in [0.2, 0.25) is 0 Å². The molecule has 2 aromatic rings. The lowest BCUT2D eigenvalue weighted by Crippen LogP contribution is -2.12. The van der Waals surface area contributed by atoms with Gasteiger partial charge in [-0.1, -0.05) is 11.6 Å². The number of benzene rings is 1. The van der Waals surface area contributed by atoms with Crippen molar-refractivity contribution in [3.8, 4) is 0 Å². The minimum absolute atomic E-state index is 0.212. The fourth-order valence-electron chi connectivity index (χ4n) is 1.38. The zero-order valence-electron chi connectivity index (χ0n) is 9.56. The fraction of sp³-hybridized carbons (Fsp3) is 0.0909. The molecule has 0 aliphatic heterocycles. The van der Waals surface area contributed by atoms with E-state index in [2.05, 4.69) is 20.7 Å². The van der Waals surface area contributed by atoms with E-state index in [9.17, 15) is 8.42 Å². The Morgan fingerprint density at radius 1 is 1.37 bits per heavy atom. The van der Waals surface area contributed by atoms with Crippen molar-refractivity contribution in [1.29, 1.82) is 0 Å². The minimum atomic E-state index is -3.59. The summed E-state index contributed by atoms with van der Waals surface area (Å²) >= 11 is 10.4. The Morgan fingerprint density at radius 3 is 2.68 bits per heavy atom. The Bertz CT molecular complexity index is 700. The number of anilines is 1. The smallest absolute Gasteiger partial charge is 0.262 e. The highest BCUT2D eigenvalue weighted by Gasteiger charge is 2.16. The van der Waals surface area contributed by atoms with Crippen LogP contribution in [-0.4, -0.2) is 8.42 Å². The molecule has 1 heterocycles. The van der Waals surface area contributed by atoms with Gasteiger partial charge < -0.3 is 5.73 Å². The molecule has 0 amide bonds. The molecule has 0 radical (unpaired) electrons. The summed E-state index contributed by atoms with van der Waals surface area (Å²) in [5.41, 5.74) is 5.91. The number of hydrogen-bond acceptors (Lipinski definition) is 4. The summed E-state index contributed by atoms with van der Waals surface area (Å²) in [4.78, 5) is 1.03. The summed E-state index contributed by atoms with van der Waals surface area (Å²) in [6, 6.07) is 6.39. The maximum Gasteiger partial charge on any atom is 0.262 e. The van der Waals surface area contributed by atoms with Crippen molar-refractivity contribution < 1.29 is 8.42 Å². The second-order valence-corrected chi connectivity index (χ2v) is 7.63. The van der Waals surface area contributed by atoms with E-state index in [4.69, 9.17) is 17.3 Å². The Hall–Kier alpha value is -0.600. The SMILES string of the molecule is NCc1cc(S(=O)(=O)Nc2ccc(Cl)c(Br)c2)cs1. The first-order valence-corrected chi connectivity index (χ1v) is 8.71. The van der Waals surface area contributed by atoms with Gasteiger partial charge in [0.1, 0.15) is 0 Å². The van der Waals surface area contributed by atoms with E-state index in [0.717, 1.165) is 4.88 Å². The average molecular weight is 382 g/mol. The van der Waals surface area contributed by atoms with Crippen molar-refractivity contribution in [3.63, 3.8) is 0 Å². The summed E-state index contributed by atoms with van der Waals surface area (Å²) in [5.74, 6) is 0. The monoisotopic (exact) mass is 380 g/mol. The van der Waals surface area contributed by atoms with Crippen LogP contribution in [0.25, 0.3) is 0 Å². The lowest BCUT2D eigenvalue weighted by molar-refractivity contribution is 0.601. The first-order chi connectivity index (χ1) is 8.92. The van der Waals surface area contributed by atoms with Crippen molar-refractivity contribution in [2.24, 2.45) is 5.73 Å². The van der Waals surface area contributed by atoms with Gasteiger partial charge in [-0.3, -0.25) is 4.72 Å². The Morgan fingerprint density at radius 2 is 2.11 bits per heavy atom. The molecule has 1 aromatic carbocycles. The summed E-state index contributed by atoms with van der Waals surface area (Å²) in [5, 5.41) is 2.08. The molecule has 2 rings (SSSR count). The van der Waals surface area contributed by atoms with Crippen molar-refractivity contribution >= 4 is 54.6 Å². The number of rotatable bonds is 4. The number of nitrogens with one attached hydrogen (secondary N) is 1. The number of hydrogen-bond donors (Lipinski definition) is 2. The van der Waals surface area contributed by atoms with Crippen molar-refractivity contribution in [2.75, 3.05) is 4.72 Å². The summed E-state index contributed by atoms with van der Waals surface area (Å²) in [6.07, 6.45) is 0. The van der Waals surface area contributed by atoms with Gasteiger partial charge in [-0.15, -0.1) is 11.3 Å². The van der Waals surface area contributed by atoms with E-state index in [1.54, 1.807) is 29.6 Å². The molecular weight excluding hydrogens is 372 g/mol. The highest BCUT2D eigenvalue weighted by atomic mass is 79.9. The van der Waals surface area contributed by atoms with E-state index in [-0.39, 0.29) is 4.90 Å². The topological polar surface area (TPSA) is 72.2 Å². The van der Waals surface area contributed by atoms with Crippen molar-refractivity contribution in [1.82, 2.24) is 0 Å². The predicted molar refractivity (Wildman–Crippen MR) is 82.2 cm³/mol. The van der Waals surface area contributed by atoms with Gasteiger partial charge in [0.25, 0.3) is 10.0 Å². The first kappa shape index (κ1) is 14.8. The molecule has 4 nitrogen and oxygen atoms in total. The first-order valence-electron chi connectivity index (χ1n) is 5.18. The van der Waals surface area contributed by atoms with Gasteiger partial charge >= 0.3 is 0 Å². The summed E-state index contributed by atoms with van der Waals surface area (Å²) in [6.45, 7) is 0.326. The molecule has 19 heavy (non-hydrogen) atoms. The molecule has 0 fully saturated rings. The van der Waals surface area contributed by atoms with Crippen molar-refractivity contribution in [2.45, 2.75) is 11.4 Å². The van der Waals surface area contributed by atoms with Crippen LogP contribution in [0, 0.1) is 0 Å². The third kappa shape index (κ3) is 3.49. The van der Waals surface area contributed by atoms with E-state index in [1.165, 1.54) is 11.3 Å². The normalized spacial score (nSPS) is 11.5. The zero-order chi connectivity index (χ0) is 14.0. The molecule has 0 atom stereocenters. The van der Waals surface area contributed by atoms with Crippen LogP contribution in [0.4, 0.5) is 5.69 Å². The Kier molecular flexibility index (Phi) is 4.52. The second-order valence-electron chi connectivity index (χ2n) is 3.69. The molecule has 0 saturated heterocycles. The van der Waals surface area contributed by atoms with Gasteiger partial charge in [0, 0.05) is 21.3 Å². The minimum Gasteiger partial charge on any atom is -0.326 e. The standard InChI is InChI=1S/C11H10BrClN2O2S2/c12-10-3-7(1-2-11(10)13)15-19(16,17)9-4-8(5-14)18-6-9/h1-4,6,15H,5,14H2. The predicted octanol–water partition coefficient (Wildman–Crippen LogP) is 3.42. The lowest BCUT2D eigenvalue weighted by Gasteiger charge is -2.07. The second kappa shape index (κ2) is 5.80. The average Bonchev–Trinajstić information content (AvgIpc) is 2.83. The third-order valence-electron chi connectivity index (χ3n) is 2.31. The Labute approximate surface area is 128 Å². The van der Waals surface area contributed by atoms with Crippen LogP contribution in [0.2, 0.25) is 5.02 Å². The van der Waals surface area contributed by atoms with Gasteiger partial charge in [0.05, 0.1) is 15.6 Å². The molecule has 0 spiro atoms. The van der Waals surface area contributed by atoms with E-state index >= 15 is 0 Å². The van der Waals surface area contributed by atoms with Crippen LogP contribution in [0.5, 0.6) is 0 Å². The third-order valence-corrected chi connectivity index (χ3v) is 6.00. The number of halogens is 2. The van der Waals surface area contributed by atoms with Crippen LogP contribution in [-0.2, 0) is 16.6 Å². The van der Waals surface area contributed by atoms with Crippen LogP contribution in [0.15, 0.2) is 39.0 Å². The van der Waals surface area contributed by atoms with Crippen LogP contribution < -0.4 is 10.5 Å². The highest BCUT2D eigenvalue weighted by Crippen LogP contribution is 2.27. The lowest BCUT2D eigenvalue weighted by atomic mass is 10.3. The molecule has 1 aromatic heterocycles. The van der Waals surface area contributed by atoms with Crippen LogP contribution in [0.1, 0.15) is 4.88 Å². The molecule has 0 saturated carbocycles. The molecule has 0 aliphatic carbocycles. The van der Waals surface area contributed by atoms with Gasteiger partial charge in [-0.25, -0.2) is 8.42 Å².